The standard InChI is InChI=1S/C6H14NO9P/c8-1-2-4(9)5(10)3(6(11)15-2)7-17(13,14)16-12/h2-6,8-12H,1H2,(H2,7,13,14)/t2?,3?,4-,5-,6?/m0/s1. The van der Waals surface area contributed by atoms with Gasteiger partial charge in [0.1, 0.15) is 18.3 Å². The molecule has 11 heteroatoms. The Labute approximate surface area is 95.5 Å². The Bertz CT molecular complexity index is 301. The lowest BCUT2D eigenvalue weighted by Gasteiger charge is -2.40. The monoisotopic (exact) mass is 275 g/mol. The van der Waals surface area contributed by atoms with E-state index in [-0.39, 0.29) is 0 Å². The van der Waals surface area contributed by atoms with Crippen LogP contribution < -0.4 is 5.09 Å². The van der Waals surface area contributed by atoms with Crippen molar-refractivity contribution in [1.29, 1.82) is 0 Å². The van der Waals surface area contributed by atoms with Gasteiger partial charge in [0.25, 0.3) is 0 Å². The van der Waals surface area contributed by atoms with E-state index in [0.717, 1.165) is 0 Å². The summed E-state index contributed by atoms with van der Waals surface area (Å²) in [6.45, 7) is -0.657. The smallest absolute Gasteiger partial charge is 0.394 e. The van der Waals surface area contributed by atoms with Gasteiger partial charge in [-0.25, -0.2) is 14.9 Å². The van der Waals surface area contributed by atoms with Crippen molar-refractivity contribution in [2.45, 2.75) is 30.6 Å². The van der Waals surface area contributed by atoms with Crippen molar-refractivity contribution < 1.29 is 44.6 Å². The Balaban J connectivity index is 2.76. The highest BCUT2D eigenvalue weighted by Gasteiger charge is 2.46. The van der Waals surface area contributed by atoms with Gasteiger partial charge in [-0.3, -0.25) is 0 Å². The lowest BCUT2D eigenvalue weighted by Crippen LogP contribution is -2.62. The van der Waals surface area contributed by atoms with Crippen molar-refractivity contribution in [3.8, 4) is 0 Å². The van der Waals surface area contributed by atoms with Crippen molar-refractivity contribution in [2.24, 2.45) is 0 Å². The molecule has 1 aliphatic rings. The van der Waals surface area contributed by atoms with E-state index in [2.05, 4.69) is 9.41 Å². The molecule has 0 saturated carbocycles. The van der Waals surface area contributed by atoms with Crippen LogP contribution in [-0.2, 0) is 14.0 Å². The first-order valence-electron chi connectivity index (χ1n) is 4.56. The van der Waals surface area contributed by atoms with Crippen LogP contribution in [0.3, 0.4) is 0 Å². The van der Waals surface area contributed by atoms with Crippen LogP contribution in [0.4, 0.5) is 0 Å². The van der Waals surface area contributed by atoms with Crippen molar-refractivity contribution >= 4 is 7.75 Å². The molecule has 0 radical (unpaired) electrons. The minimum Gasteiger partial charge on any atom is -0.394 e. The summed E-state index contributed by atoms with van der Waals surface area (Å²) < 4.78 is 18.9. The van der Waals surface area contributed by atoms with Crippen LogP contribution in [0.15, 0.2) is 0 Å². The first-order chi connectivity index (χ1) is 7.82. The van der Waals surface area contributed by atoms with Gasteiger partial charge in [-0.15, -0.1) is 4.67 Å². The summed E-state index contributed by atoms with van der Waals surface area (Å²) in [6.07, 6.45) is -6.29. The van der Waals surface area contributed by atoms with E-state index in [9.17, 15) is 19.9 Å². The highest BCUT2D eigenvalue weighted by atomic mass is 31.2. The first kappa shape index (κ1) is 14.9. The summed E-state index contributed by atoms with van der Waals surface area (Å²) in [6, 6.07) is -1.57. The maximum Gasteiger partial charge on any atom is 0.430 e. The van der Waals surface area contributed by atoms with Crippen LogP contribution in [0, 0.1) is 0 Å². The lowest BCUT2D eigenvalue weighted by atomic mass is 9.98. The van der Waals surface area contributed by atoms with E-state index < -0.39 is 45.0 Å². The zero-order valence-corrected chi connectivity index (χ0v) is 9.34. The summed E-state index contributed by atoms with van der Waals surface area (Å²) in [5.74, 6) is 0. The lowest BCUT2D eigenvalue weighted by molar-refractivity contribution is -0.253. The fourth-order valence-electron chi connectivity index (χ4n) is 1.45. The first-order valence-corrected chi connectivity index (χ1v) is 6.14. The molecule has 0 amide bonds. The zero-order valence-electron chi connectivity index (χ0n) is 8.45. The van der Waals surface area contributed by atoms with Crippen molar-refractivity contribution in [2.75, 3.05) is 6.61 Å². The molecular weight excluding hydrogens is 261 g/mol. The third-order valence-corrected chi connectivity index (χ3v) is 3.17. The summed E-state index contributed by atoms with van der Waals surface area (Å²) >= 11 is 0. The number of aliphatic hydroxyl groups excluding tert-OH is 4. The van der Waals surface area contributed by atoms with E-state index >= 15 is 0 Å². The van der Waals surface area contributed by atoms with Crippen LogP contribution in [0.2, 0.25) is 0 Å². The third-order valence-electron chi connectivity index (χ3n) is 2.32. The summed E-state index contributed by atoms with van der Waals surface area (Å²) in [7, 11) is -4.64. The van der Waals surface area contributed by atoms with E-state index in [0.29, 0.717) is 0 Å². The van der Waals surface area contributed by atoms with Gasteiger partial charge in [-0.1, -0.05) is 0 Å². The molecule has 0 bridgehead atoms. The maximum atomic E-state index is 11.0. The number of hydrogen-bond donors (Lipinski definition) is 7. The molecule has 0 aliphatic carbocycles. The molecule has 0 aromatic heterocycles. The second-order valence-electron chi connectivity index (χ2n) is 3.49. The minimum atomic E-state index is -4.64. The van der Waals surface area contributed by atoms with Crippen LogP contribution in [0.25, 0.3) is 0 Å². The van der Waals surface area contributed by atoms with Crippen molar-refractivity contribution in [1.82, 2.24) is 5.09 Å². The molecule has 1 fully saturated rings. The van der Waals surface area contributed by atoms with E-state index in [1.807, 2.05) is 0 Å². The predicted molar refractivity (Wildman–Crippen MR) is 50.4 cm³/mol. The Morgan fingerprint density at radius 3 is 2.35 bits per heavy atom. The topological polar surface area (TPSA) is 169 Å². The maximum absolute atomic E-state index is 11.0. The molecule has 7 N–H and O–H groups in total. The average molecular weight is 275 g/mol. The molecule has 6 atom stereocenters. The van der Waals surface area contributed by atoms with Gasteiger partial charge >= 0.3 is 7.75 Å². The van der Waals surface area contributed by atoms with Gasteiger partial charge in [0, 0.05) is 0 Å². The van der Waals surface area contributed by atoms with Gasteiger partial charge in [0.05, 0.1) is 12.6 Å². The fraction of sp³-hybridized carbons (Fsp3) is 1.00. The molecule has 0 aromatic rings. The second kappa shape index (κ2) is 5.67. The fourth-order valence-corrected chi connectivity index (χ4v) is 2.15. The Morgan fingerprint density at radius 1 is 1.29 bits per heavy atom. The van der Waals surface area contributed by atoms with Crippen LogP contribution in [0.1, 0.15) is 0 Å². The number of hydrogen-bond acceptors (Lipinski definition) is 8. The Kier molecular flexibility index (Phi) is 4.98. The highest BCUT2D eigenvalue weighted by Crippen LogP contribution is 2.38. The molecule has 17 heavy (non-hydrogen) atoms. The average Bonchev–Trinajstić information content (AvgIpc) is 2.29. The largest absolute Gasteiger partial charge is 0.430 e. The summed E-state index contributed by atoms with van der Waals surface area (Å²) in [5, 5.41) is 46.9. The molecule has 102 valence electrons. The molecule has 1 heterocycles. The summed E-state index contributed by atoms with van der Waals surface area (Å²) in [5.41, 5.74) is 0. The van der Waals surface area contributed by atoms with E-state index in [1.54, 1.807) is 5.09 Å². The number of rotatable bonds is 4. The highest BCUT2D eigenvalue weighted by molar-refractivity contribution is 7.50. The number of nitrogens with one attached hydrogen (secondary N) is 1. The molecule has 1 rings (SSSR count). The van der Waals surface area contributed by atoms with Crippen LogP contribution in [-0.4, -0.2) is 67.8 Å². The van der Waals surface area contributed by atoms with Gasteiger partial charge in [-0.05, 0) is 0 Å². The van der Waals surface area contributed by atoms with Crippen molar-refractivity contribution in [3.05, 3.63) is 0 Å². The van der Waals surface area contributed by atoms with E-state index in [1.165, 1.54) is 0 Å². The van der Waals surface area contributed by atoms with Gasteiger partial charge in [0.2, 0.25) is 0 Å². The molecule has 1 aliphatic heterocycles. The molecule has 0 aromatic carbocycles. The van der Waals surface area contributed by atoms with Crippen LogP contribution >= 0.6 is 7.75 Å². The molecular formula is C6H14NO9P. The number of ether oxygens (including phenoxy) is 1. The Hall–Kier alpha value is -0.130. The minimum absolute atomic E-state index is 0.657. The molecule has 1 saturated heterocycles. The molecule has 4 unspecified atom stereocenters. The summed E-state index contributed by atoms with van der Waals surface area (Å²) in [4.78, 5) is 8.88. The van der Waals surface area contributed by atoms with Gasteiger partial charge < -0.3 is 30.1 Å². The molecule has 10 nitrogen and oxygen atoms in total. The zero-order chi connectivity index (χ0) is 13.2. The molecule has 0 spiro atoms. The van der Waals surface area contributed by atoms with E-state index in [4.69, 9.17) is 15.3 Å². The predicted octanol–water partition coefficient (Wildman–Crippen LogP) is -3.03. The number of aliphatic hydroxyl groups is 4. The van der Waals surface area contributed by atoms with Crippen molar-refractivity contribution in [3.63, 3.8) is 0 Å². The third kappa shape index (κ3) is 3.42. The van der Waals surface area contributed by atoms with Crippen LogP contribution in [0.5, 0.6) is 0 Å². The normalized spacial score (nSPS) is 42.1. The Morgan fingerprint density at radius 2 is 1.88 bits per heavy atom. The van der Waals surface area contributed by atoms with Gasteiger partial charge in [0.15, 0.2) is 6.29 Å². The quantitative estimate of drug-likeness (QED) is 0.159. The van der Waals surface area contributed by atoms with Gasteiger partial charge in [-0.2, -0.15) is 0 Å². The second-order valence-corrected chi connectivity index (χ2v) is 4.95. The SMILES string of the molecule is O=P(O)(NC1C(O)OC(CO)[C@H](O)[C@H]1O)OO.